The summed E-state index contributed by atoms with van der Waals surface area (Å²) in [5, 5.41) is 4.14. The minimum absolute atomic E-state index is 0.0599. The Morgan fingerprint density at radius 3 is 2.52 bits per heavy atom. The van der Waals surface area contributed by atoms with Gasteiger partial charge in [-0.1, -0.05) is 0 Å². The number of aryl methyl sites for hydroxylation is 1. The number of alkyl halides is 3. The van der Waals surface area contributed by atoms with Crippen LogP contribution in [0.2, 0.25) is 0 Å². The summed E-state index contributed by atoms with van der Waals surface area (Å²) in [6.07, 6.45) is -4.15. The minimum Gasteiger partial charge on any atom is -0.443 e. The fraction of sp³-hybridized carbons (Fsp3) is 0.562. The first-order valence-corrected chi connectivity index (χ1v) is 7.76. The molecule has 3 heterocycles. The summed E-state index contributed by atoms with van der Waals surface area (Å²) in [6, 6.07) is 1.59. The van der Waals surface area contributed by atoms with Gasteiger partial charge >= 0.3 is 12.3 Å². The Morgan fingerprint density at radius 1 is 1.32 bits per heavy atom. The van der Waals surface area contributed by atoms with Crippen LogP contribution in [0, 0.1) is 6.92 Å². The van der Waals surface area contributed by atoms with Crippen molar-refractivity contribution in [2.24, 2.45) is 0 Å². The SMILES string of the molecule is Cc1cc2ncc3c(n2n1)C(C)(C(F)(F)F)CN3C(=O)OC(C)(C)C. The van der Waals surface area contributed by atoms with E-state index in [2.05, 4.69) is 10.1 Å². The van der Waals surface area contributed by atoms with Crippen LogP contribution in [0.5, 0.6) is 0 Å². The molecule has 136 valence electrons. The highest BCUT2D eigenvalue weighted by Gasteiger charge is 2.61. The molecular formula is C16H19F3N4O2. The number of hydrogen-bond donors (Lipinski definition) is 0. The van der Waals surface area contributed by atoms with E-state index in [0.29, 0.717) is 11.3 Å². The molecule has 1 aliphatic rings. The average Bonchev–Trinajstić information content (AvgIpc) is 2.94. The fourth-order valence-electron chi connectivity index (χ4n) is 2.93. The second kappa shape index (κ2) is 5.09. The molecule has 9 heteroatoms. The van der Waals surface area contributed by atoms with Crippen LogP contribution in [-0.2, 0) is 10.2 Å². The number of rotatable bonds is 0. The molecule has 1 atom stereocenters. The normalized spacial score (nSPS) is 20.9. The number of nitrogens with zero attached hydrogens (tertiary/aromatic N) is 4. The Bertz CT molecular complexity index is 853. The zero-order chi connectivity index (χ0) is 18.8. The van der Waals surface area contributed by atoms with E-state index in [4.69, 9.17) is 4.74 Å². The van der Waals surface area contributed by atoms with Crippen LogP contribution in [0.4, 0.5) is 23.7 Å². The number of carbonyl (C=O) groups excluding carboxylic acids is 1. The van der Waals surface area contributed by atoms with Gasteiger partial charge in [-0.25, -0.2) is 14.3 Å². The first-order valence-electron chi connectivity index (χ1n) is 7.76. The van der Waals surface area contributed by atoms with Gasteiger partial charge in [0.25, 0.3) is 0 Å². The predicted octanol–water partition coefficient (Wildman–Crippen LogP) is 3.61. The Hall–Kier alpha value is -2.32. The van der Waals surface area contributed by atoms with Gasteiger partial charge in [0.05, 0.1) is 23.3 Å². The van der Waals surface area contributed by atoms with Crippen LogP contribution < -0.4 is 4.90 Å². The molecule has 25 heavy (non-hydrogen) atoms. The molecule has 0 saturated heterocycles. The first-order chi connectivity index (χ1) is 11.3. The number of aromatic nitrogens is 3. The maximum absolute atomic E-state index is 13.9. The van der Waals surface area contributed by atoms with Crippen molar-refractivity contribution < 1.29 is 22.7 Å². The van der Waals surface area contributed by atoms with Crippen molar-refractivity contribution in [1.82, 2.24) is 14.6 Å². The lowest BCUT2D eigenvalue weighted by molar-refractivity contribution is -0.181. The number of amides is 1. The highest BCUT2D eigenvalue weighted by molar-refractivity contribution is 5.91. The van der Waals surface area contributed by atoms with Gasteiger partial charge in [0.1, 0.15) is 11.0 Å². The van der Waals surface area contributed by atoms with E-state index < -0.39 is 29.8 Å². The van der Waals surface area contributed by atoms with Crippen LogP contribution in [0.15, 0.2) is 12.3 Å². The van der Waals surface area contributed by atoms with Crippen molar-refractivity contribution in [3.8, 4) is 0 Å². The molecule has 2 aromatic heterocycles. The lowest BCUT2D eigenvalue weighted by atomic mass is 9.88. The van der Waals surface area contributed by atoms with E-state index in [9.17, 15) is 18.0 Å². The number of fused-ring (bicyclic) bond motifs is 3. The summed E-state index contributed by atoms with van der Waals surface area (Å²) in [4.78, 5) is 17.6. The summed E-state index contributed by atoms with van der Waals surface area (Å²) in [6.45, 7) is 7.12. The lowest BCUT2D eigenvalue weighted by Gasteiger charge is -2.29. The van der Waals surface area contributed by atoms with E-state index >= 15 is 0 Å². The maximum Gasteiger partial charge on any atom is 0.414 e. The molecule has 0 radical (unpaired) electrons. The molecule has 0 aromatic carbocycles. The monoisotopic (exact) mass is 356 g/mol. The summed E-state index contributed by atoms with van der Waals surface area (Å²) in [5.41, 5.74) is -2.31. The third-order valence-corrected chi connectivity index (χ3v) is 4.11. The molecule has 0 aliphatic carbocycles. The molecule has 0 N–H and O–H groups in total. The van der Waals surface area contributed by atoms with E-state index in [1.807, 2.05) is 0 Å². The number of carbonyl (C=O) groups is 1. The van der Waals surface area contributed by atoms with Gasteiger partial charge in [-0.2, -0.15) is 18.3 Å². The van der Waals surface area contributed by atoms with Crippen molar-refractivity contribution in [3.63, 3.8) is 0 Å². The molecule has 0 fully saturated rings. The first kappa shape index (κ1) is 17.5. The van der Waals surface area contributed by atoms with E-state index in [-0.39, 0.29) is 11.4 Å². The van der Waals surface area contributed by atoms with Crippen LogP contribution in [0.25, 0.3) is 5.65 Å². The lowest BCUT2D eigenvalue weighted by Crippen LogP contribution is -2.46. The van der Waals surface area contributed by atoms with Crippen LogP contribution in [0.3, 0.4) is 0 Å². The third kappa shape index (κ3) is 2.71. The molecule has 0 spiro atoms. The molecule has 3 rings (SSSR count). The second-order valence-corrected chi connectivity index (χ2v) is 7.44. The van der Waals surface area contributed by atoms with E-state index in [1.54, 1.807) is 33.8 Å². The summed E-state index contributed by atoms with van der Waals surface area (Å²) >= 11 is 0. The Labute approximate surface area is 142 Å². The zero-order valence-corrected chi connectivity index (χ0v) is 14.6. The standard InChI is InChI=1S/C16H19F3N4O2/c1-9-6-11-20-7-10-12(23(11)21-9)15(5,16(17,18)19)8-22(10)13(24)25-14(2,3)4/h6-7H,8H2,1-5H3. The molecule has 1 aliphatic heterocycles. The molecule has 1 amide bonds. The predicted molar refractivity (Wildman–Crippen MR) is 84.7 cm³/mol. The number of anilines is 1. The van der Waals surface area contributed by atoms with E-state index in [1.165, 1.54) is 10.7 Å². The smallest absolute Gasteiger partial charge is 0.414 e. The number of halogens is 3. The zero-order valence-electron chi connectivity index (χ0n) is 14.6. The largest absolute Gasteiger partial charge is 0.443 e. The van der Waals surface area contributed by atoms with Crippen molar-refractivity contribution in [3.05, 3.63) is 23.7 Å². The third-order valence-electron chi connectivity index (χ3n) is 4.11. The topological polar surface area (TPSA) is 59.7 Å². The fourth-order valence-corrected chi connectivity index (χ4v) is 2.93. The molecule has 6 nitrogen and oxygen atoms in total. The Balaban J connectivity index is 2.21. The van der Waals surface area contributed by atoms with Crippen molar-refractivity contribution >= 4 is 17.4 Å². The van der Waals surface area contributed by atoms with Crippen molar-refractivity contribution in [2.75, 3.05) is 11.4 Å². The summed E-state index contributed by atoms with van der Waals surface area (Å²) in [5.74, 6) is 0. The Kier molecular flexibility index (Phi) is 3.56. The quantitative estimate of drug-likeness (QED) is 0.723. The minimum atomic E-state index is -4.58. The van der Waals surface area contributed by atoms with Gasteiger partial charge in [0.15, 0.2) is 5.65 Å². The van der Waals surface area contributed by atoms with Crippen LogP contribution in [0.1, 0.15) is 39.1 Å². The van der Waals surface area contributed by atoms with Gasteiger partial charge in [-0.05, 0) is 34.6 Å². The highest BCUT2D eigenvalue weighted by Crippen LogP contribution is 2.50. The van der Waals surface area contributed by atoms with Gasteiger partial charge in [0, 0.05) is 12.6 Å². The van der Waals surface area contributed by atoms with Gasteiger partial charge in [-0.15, -0.1) is 0 Å². The summed E-state index contributed by atoms with van der Waals surface area (Å²) < 4.78 is 48.1. The van der Waals surface area contributed by atoms with Crippen LogP contribution >= 0.6 is 0 Å². The maximum atomic E-state index is 13.9. The van der Waals surface area contributed by atoms with Gasteiger partial charge < -0.3 is 4.74 Å². The summed E-state index contributed by atoms with van der Waals surface area (Å²) in [7, 11) is 0. The average molecular weight is 356 g/mol. The Morgan fingerprint density at radius 2 is 1.96 bits per heavy atom. The number of ether oxygens (including phenoxy) is 1. The molecule has 1 unspecified atom stereocenters. The molecule has 0 saturated carbocycles. The van der Waals surface area contributed by atoms with Crippen LogP contribution in [-0.4, -0.2) is 39.0 Å². The number of hydrogen-bond acceptors (Lipinski definition) is 4. The molecular weight excluding hydrogens is 337 g/mol. The van der Waals surface area contributed by atoms with Gasteiger partial charge in [-0.3, -0.25) is 4.90 Å². The van der Waals surface area contributed by atoms with Crippen molar-refractivity contribution in [1.29, 1.82) is 0 Å². The van der Waals surface area contributed by atoms with Crippen molar-refractivity contribution in [2.45, 2.75) is 51.8 Å². The van der Waals surface area contributed by atoms with Gasteiger partial charge in [0.2, 0.25) is 0 Å². The molecule has 2 aromatic rings. The highest BCUT2D eigenvalue weighted by atomic mass is 19.4. The van der Waals surface area contributed by atoms with E-state index in [0.717, 1.165) is 11.8 Å². The molecule has 0 bridgehead atoms. The second-order valence-electron chi connectivity index (χ2n) is 7.44.